The normalized spacial score (nSPS) is 19.6. The van der Waals surface area contributed by atoms with Crippen LogP contribution in [0.15, 0.2) is 42.5 Å². The summed E-state index contributed by atoms with van der Waals surface area (Å²) < 4.78 is 11.6. The third kappa shape index (κ3) is 2.77. The average Bonchev–Trinajstić information content (AvgIpc) is 2.50. The van der Waals surface area contributed by atoms with Gasteiger partial charge in [0.2, 0.25) is 6.10 Å². The van der Waals surface area contributed by atoms with E-state index in [-0.39, 0.29) is 12.0 Å². The number of hydrogen-bond acceptors (Lipinski definition) is 3. The molecule has 0 bridgehead atoms. The summed E-state index contributed by atoms with van der Waals surface area (Å²) in [6, 6.07) is 13.2. The van der Waals surface area contributed by atoms with Crippen LogP contribution >= 0.6 is 0 Å². The Morgan fingerprint density at radius 1 is 1.00 bits per heavy atom. The van der Waals surface area contributed by atoms with E-state index >= 15 is 0 Å². The minimum Gasteiger partial charge on any atom is -0.482 e. The number of rotatable bonds is 2. The zero-order chi connectivity index (χ0) is 15.7. The van der Waals surface area contributed by atoms with Gasteiger partial charge in [0.25, 0.3) is 5.91 Å². The van der Waals surface area contributed by atoms with E-state index in [1.807, 2.05) is 57.2 Å². The lowest BCUT2D eigenvalue weighted by atomic mass is 10.1. The highest BCUT2D eigenvalue weighted by Gasteiger charge is 2.34. The van der Waals surface area contributed by atoms with Gasteiger partial charge in [0.1, 0.15) is 6.10 Å². The fourth-order valence-corrected chi connectivity index (χ4v) is 2.44. The first-order valence-electron chi connectivity index (χ1n) is 7.35. The maximum Gasteiger partial charge on any atom is 0.269 e. The summed E-state index contributed by atoms with van der Waals surface area (Å²) in [6.45, 7) is 5.89. The second kappa shape index (κ2) is 5.72. The predicted octanol–water partition coefficient (Wildman–Crippen LogP) is 3.47. The zero-order valence-corrected chi connectivity index (χ0v) is 12.9. The van der Waals surface area contributed by atoms with Gasteiger partial charge in [-0.2, -0.15) is 0 Å². The van der Waals surface area contributed by atoms with Crippen LogP contribution in [0.1, 0.15) is 18.1 Å². The maximum atomic E-state index is 12.5. The molecule has 1 N–H and O–H groups in total. The van der Waals surface area contributed by atoms with E-state index in [9.17, 15) is 4.79 Å². The molecule has 1 aliphatic heterocycles. The zero-order valence-electron chi connectivity index (χ0n) is 12.9. The Hall–Kier alpha value is -2.49. The van der Waals surface area contributed by atoms with Gasteiger partial charge in [0.05, 0.1) is 0 Å². The second-order valence-electron chi connectivity index (χ2n) is 5.60. The molecule has 0 saturated carbocycles. The molecule has 0 fully saturated rings. The smallest absolute Gasteiger partial charge is 0.269 e. The molecule has 0 saturated heterocycles. The minimum atomic E-state index is -0.670. The van der Waals surface area contributed by atoms with Crippen molar-refractivity contribution in [1.29, 1.82) is 0 Å². The lowest BCUT2D eigenvalue weighted by Crippen LogP contribution is -2.46. The first-order valence-corrected chi connectivity index (χ1v) is 7.35. The number of para-hydroxylation sites is 2. The number of hydrogen-bond donors (Lipinski definition) is 1. The molecule has 1 amide bonds. The lowest BCUT2D eigenvalue weighted by Gasteiger charge is -2.31. The first-order chi connectivity index (χ1) is 10.5. The van der Waals surface area contributed by atoms with Gasteiger partial charge in [-0.1, -0.05) is 18.2 Å². The van der Waals surface area contributed by atoms with Crippen molar-refractivity contribution < 1.29 is 14.3 Å². The van der Waals surface area contributed by atoms with Crippen LogP contribution in [0.3, 0.4) is 0 Å². The van der Waals surface area contributed by atoms with E-state index in [2.05, 4.69) is 5.32 Å². The van der Waals surface area contributed by atoms with Crippen LogP contribution in [0.2, 0.25) is 0 Å². The molecular weight excluding hydrogens is 278 g/mol. The predicted molar refractivity (Wildman–Crippen MR) is 85.5 cm³/mol. The monoisotopic (exact) mass is 297 g/mol. The molecule has 0 unspecified atom stereocenters. The van der Waals surface area contributed by atoms with E-state index in [1.165, 1.54) is 5.56 Å². The fourth-order valence-electron chi connectivity index (χ4n) is 2.44. The van der Waals surface area contributed by atoms with Gasteiger partial charge >= 0.3 is 0 Å². The highest BCUT2D eigenvalue weighted by molar-refractivity contribution is 5.95. The van der Waals surface area contributed by atoms with Crippen molar-refractivity contribution in [2.24, 2.45) is 0 Å². The number of fused-ring (bicyclic) bond motifs is 1. The van der Waals surface area contributed by atoms with Crippen LogP contribution in [-0.2, 0) is 4.79 Å². The summed E-state index contributed by atoms with van der Waals surface area (Å²) in [7, 11) is 0. The number of ether oxygens (including phenoxy) is 2. The maximum absolute atomic E-state index is 12.5. The molecule has 4 heteroatoms. The number of carbonyl (C=O) groups excluding carboxylic acids is 1. The Balaban J connectivity index is 1.76. The van der Waals surface area contributed by atoms with E-state index in [0.29, 0.717) is 11.5 Å². The molecule has 1 aliphatic rings. The SMILES string of the molecule is Cc1ccc(NC(=O)[C@@H]2Oc3ccccc3O[C@@H]2C)cc1C. The van der Waals surface area contributed by atoms with E-state index in [4.69, 9.17) is 9.47 Å². The lowest BCUT2D eigenvalue weighted by molar-refractivity contribution is -0.128. The molecule has 2 atom stereocenters. The molecule has 1 heterocycles. The van der Waals surface area contributed by atoms with Crippen molar-refractivity contribution in [2.75, 3.05) is 5.32 Å². The number of carbonyl (C=O) groups is 1. The number of amides is 1. The van der Waals surface area contributed by atoms with Gasteiger partial charge < -0.3 is 14.8 Å². The molecule has 0 spiro atoms. The van der Waals surface area contributed by atoms with Crippen LogP contribution in [0.25, 0.3) is 0 Å². The van der Waals surface area contributed by atoms with Gasteiger partial charge in [0.15, 0.2) is 11.5 Å². The molecule has 0 aromatic heterocycles. The van der Waals surface area contributed by atoms with Crippen LogP contribution in [0.4, 0.5) is 5.69 Å². The number of aryl methyl sites for hydroxylation is 2. The number of anilines is 1. The summed E-state index contributed by atoms with van der Waals surface area (Å²) in [5.41, 5.74) is 3.09. The second-order valence-corrected chi connectivity index (χ2v) is 5.60. The van der Waals surface area contributed by atoms with Crippen molar-refractivity contribution in [1.82, 2.24) is 0 Å². The van der Waals surface area contributed by atoms with Crippen LogP contribution in [0.5, 0.6) is 11.5 Å². The van der Waals surface area contributed by atoms with Crippen molar-refractivity contribution in [3.05, 3.63) is 53.6 Å². The van der Waals surface area contributed by atoms with Crippen LogP contribution < -0.4 is 14.8 Å². The Morgan fingerprint density at radius 2 is 1.68 bits per heavy atom. The fraction of sp³-hybridized carbons (Fsp3) is 0.278. The average molecular weight is 297 g/mol. The largest absolute Gasteiger partial charge is 0.482 e. The van der Waals surface area contributed by atoms with Crippen LogP contribution in [0, 0.1) is 13.8 Å². The van der Waals surface area contributed by atoms with Crippen molar-refractivity contribution in [3.63, 3.8) is 0 Å². The summed E-state index contributed by atoms with van der Waals surface area (Å²) >= 11 is 0. The Morgan fingerprint density at radius 3 is 2.36 bits per heavy atom. The third-order valence-corrected chi connectivity index (χ3v) is 3.88. The van der Waals surface area contributed by atoms with E-state index < -0.39 is 6.10 Å². The third-order valence-electron chi connectivity index (χ3n) is 3.88. The Bertz CT molecular complexity index is 711. The van der Waals surface area contributed by atoms with Gasteiger partial charge in [-0.25, -0.2) is 0 Å². The Labute approximate surface area is 130 Å². The molecular formula is C18H19NO3. The van der Waals surface area contributed by atoms with E-state index in [1.54, 1.807) is 6.07 Å². The number of nitrogens with one attached hydrogen (secondary N) is 1. The molecule has 22 heavy (non-hydrogen) atoms. The molecule has 4 nitrogen and oxygen atoms in total. The molecule has 2 aromatic rings. The summed E-state index contributed by atoms with van der Waals surface area (Å²) in [5, 5.41) is 2.90. The molecule has 0 aliphatic carbocycles. The van der Waals surface area contributed by atoms with Crippen molar-refractivity contribution >= 4 is 11.6 Å². The number of benzene rings is 2. The summed E-state index contributed by atoms with van der Waals surface area (Å²) in [4.78, 5) is 12.5. The summed E-state index contributed by atoms with van der Waals surface area (Å²) in [6.07, 6.45) is -1.02. The van der Waals surface area contributed by atoms with Crippen molar-refractivity contribution in [2.45, 2.75) is 33.0 Å². The molecule has 114 valence electrons. The topological polar surface area (TPSA) is 47.6 Å². The van der Waals surface area contributed by atoms with Gasteiger partial charge in [-0.05, 0) is 56.2 Å². The highest BCUT2D eigenvalue weighted by Crippen LogP contribution is 2.33. The van der Waals surface area contributed by atoms with Gasteiger partial charge in [-0.3, -0.25) is 4.79 Å². The molecule has 2 aromatic carbocycles. The Kier molecular flexibility index (Phi) is 3.75. The molecule has 3 rings (SSSR count). The van der Waals surface area contributed by atoms with Crippen LogP contribution in [-0.4, -0.2) is 18.1 Å². The quantitative estimate of drug-likeness (QED) is 0.923. The first kappa shape index (κ1) is 14.4. The summed E-state index contributed by atoms with van der Waals surface area (Å²) in [5.74, 6) is 1.07. The van der Waals surface area contributed by atoms with Crippen molar-refractivity contribution in [3.8, 4) is 11.5 Å². The van der Waals surface area contributed by atoms with E-state index in [0.717, 1.165) is 11.3 Å². The molecule has 0 radical (unpaired) electrons. The van der Waals surface area contributed by atoms with Gasteiger partial charge in [-0.15, -0.1) is 0 Å². The standard InChI is InChI=1S/C18H19NO3/c1-11-8-9-14(10-12(11)2)19-18(20)17-13(3)21-15-6-4-5-7-16(15)22-17/h4-10,13,17H,1-3H3,(H,19,20)/t13-,17-/m1/s1. The van der Waals surface area contributed by atoms with Gasteiger partial charge in [0, 0.05) is 5.69 Å². The highest BCUT2D eigenvalue weighted by atomic mass is 16.6. The minimum absolute atomic E-state index is 0.203.